The predicted octanol–water partition coefficient (Wildman–Crippen LogP) is 3.66. The number of carbonyl (C=O) groups is 1. The molecule has 2 aromatic carbocycles. The molecule has 2 rings (SSSR count). The molecule has 0 fully saturated rings. The molecule has 1 unspecified atom stereocenters. The summed E-state index contributed by atoms with van der Waals surface area (Å²) >= 11 is 3.38. The molecule has 104 valence electrons. The van der Waals surface area contributed by atoms with Crippen LogP contribution in [0.2, 0.25) is 0 Å². The first-order valence-corrected chi connectivity index (χ1v) is 6.88. The number of amides is 1. The zero-order valence-electron chi connectivity index (χ0n) is 10.9. The van der Waals surface area contributed by atoms with E-state index < -0.39 is 5.82 Å². The van der Waals surface area contributed by atoms with Crippen LogP contribution < -0.4 is 11.1 Å². The molecule has 5 heteroatoms. The highest BCUT2D eigenvalue weighted by atomic mass is 79.9. The quantitative estimate of drug-likeness (QED) is 0.840. The summed E-state index contributed by atoms with van der Waals surface area (Å²) in [5.41, 5.74) is 6.63. The number of hydrogen-bond acceptors (Lipinski definition) is 2. The van der Waals surface area contributed by atoms with E-state index in [1.807, 2.05) is 31.2 Å². The minimum Gasteiger partial charge on any atom is -0.396 e. The van der Waals surface area contributed by atoms with Crippen LogP contribution in [0.3, 0.4) is 0 Å². The van der Waals surface area contributed by atoms with E-state index in [0.717, 1.165) is 16.1 Å². The molecule has 20 heavy (non-hydrogen) atoms. The standard InChI is InChI=1S/C15H14BrFN2O/c1-9(10-3-2-4-12(16)7-10)19-15(20)11-5-6-14(18)13(17)8-11/h2-9H,18H2,1H3,(H,19,20). The summed E-state index contributed by atoms with van der Waals surface area (Å²) in [6, 6.07) is 11.5. The van der Waals surface area contributed by atoms with Gasteiger partial charge in [0.15, 0.2) is 0 Å². The monoisotopic (exact) mass is 336 g/mol. The molecule has 1 amide bonds. The van der Waals surface area contributed by atoms with Crippen molar-refractivity contribution in [1.29, 1.82) is 0 Å². The molecule has 0 aliphatic rings. The Hall–Kier alpha value is -1.88. The number of nitrogen functional groups attached to an aromatic ring is 1. The van der Waals surface area contributed by atoms with Gasteiger partial charge in [0.05, 0.1) is 11.7 Å². The van der Waals surface area contributed by atoms with Crippen molar-refractivity contribution in [3.63, 3.8) is 0 Å². The van der Waals surface area contributed by atoms with Crippen LogP contribution in [0.25, 0.3) is 0 Å². The Labute approximate surface area is 125 Å². The lowest BCUT2D eigenvalue weighted by molar-refractivity contribution is 0.0939. The number of hydrogen-bond donors (Lipinski definition) is 2. The Balaban J connectivity index is 2.13. The second-order valence-corrected chi connectivity index (χ2v) is 5.40. The van der Waals surface area contributed by atoms with Gasteiger partial charge in [-0.3, -0.25) is 4.79 Å². The Bertz CT molecular complexity index is 646. The summed E-state index contributed by atoms with van der Waals surface area (Å²) in [5.74, 6) is -0.927. The highest BCUT2D eigenvalue weighted by molar-refractivity contribution is 9.10. The predicted molar refractivity (Wildman–Crippen MR) is 80.8 cm³/mol. The zero-order chi connectivity index (χ0) is 14.7. The van der Waals surface area contributed by atoms with Gasteiger partial charge in [-0.2, -0.15) is 0 Å². The summed E-state index contributed by atoms with van der Waals surface area (Å²) in [6.45, 7) is 1.87. The lowest BCUT2D eigenvalue weighted by Gasteiger charge is -2.15. The van der Waals surface area contributed by atoms with Gasteiger partial charge in [-0.15, -0.1) is 0 Å². The fraction of sp³-hybridized carbons (Fsp3) is 0.133. The average Bonchev–Trinajstić information content (AvgIpc) is 2.41. The molecule has 0 heterocycles. The number of anilines is 1. The van der Waals surface area contributed by atoms with Crippen molar-refractivity contribution in [3.05, 3.63) is 63.9 Å². The van der Waals surface area contributed by atoms with Gasteiger partial charge in [0.25, 0.3) is 5.91 Å². The van der Waals surface area contributed by atoms with Gasteiger partial charge in [0.1, 0.15) is 5.82 Å². The largest absolute Gasteiger partial charge is 0.396 e. The third kappa shape index (κ3) is 3.36. The van der Waals surface area contributed by atoms with Crippen LogP contribution in [-0.2, 0) is 0 Å². The maximum absolute atomic E-state index is 13.3. The van der Waals surface area contributed by atoms with Crippen molar-refractivity contribution in [2.24, 2.45) is 0 Å². The summed E-state index contributed by atoms with van der Waals surface area (Å²) in [6.07, 6.45) is 0. The van der Waals surface area contributed by atoms with Crippen LogP contribution in [0.4, 0.5) is 10.1 Å². The van der Waals surface area contributed by atoms with Crippen molar-refractivity contribution < 1.29 is 9.18 Å². The highest BCUT2D eigenvalue weighted by Gasteiger charge is 2.13. The van der Waals surface area contributed by atoms with E-state index in [9.17, 15) is 9.18 Å². The van der Waals surface area contributed by atoms with Crippen LogP contribution >= 0.6 is 15.9 Å². The first kappa shape index (κ1) is 14.5. The summed E-state index contributed by atoms with van der Waals surface area (Å²) in [4.78, 5) is 12.0. The highest BCUT2D eigenvalue weighted by Crippen LogP contribution is 2.19. The molecule has 0 saturated carbocycles. The molecule has 3 N–H and O–H groups in total. The smallest absolute Gasteiger partial charge is 0.251 e. The van der Waals surface area contributed by atoms with Crippen LogP contribution in [0.1, 0.15) is 28.9 Å². The molecule has 0 radical (unpaired) electrons. The van der Waals surface area contributed by atoms with Crippen LogP contribution in [0.5, 0.6) is 0 Å². The van der Waals surface area contributed by atoms with Gasteiger partial charge in [0, 0.05) is 10.0 Å². The van der Waals surface area contributed by atoms with Gasteiger partial charge >= 0.3 is 0 Å². The minimum absolute atomic E-state index is 0.0292. The Morgan fingerprint density at radius 2 is 2.05 bits per heavy atom. The van der Waals surface area contributed by atoms with E-state index in [4.69, 9.17) is 5.73 Å². The van der Waals surface area contributed by atoms with Gasteiger partial charge in [-0.25, -0.2) is 4.39 Å². The third-order valence-electron chi connectivity index (χ3n) is 2.96. The molecule has 0 bridgehead atoms. The van der Waals surface area contributed by atoms with Gasteiger partial charge < -0.3 is 11.1 Å². The minimum atomic E-state index is -0.590. The van der Waals surface area contributed by atoms with E-state index in [0.29, 0.717) is 0 Å². The number of rotatable bonds is 3. The van der Waals surface area contributed by atoms with Crippen molar-refractivity contribution in [2.45, 2.75) is 13.0 Å². The molecule has 0 aliphatic carbocycles. The fourth-order valence-corrected chi connectivity index (χ4v) is 2.22. The maximum Gasteiger partial charge on any atom is 0.251 e. The number of nitrogens with one attached hydrogen (secondary N) is 1. The van der Waals surface area contributed by atoms with Crippen LogP contribution in [-0.4, -0.2) is 5.91 Å². The first-order chi connectivity index (χ1) is 9.47. The maximum atomic E-state index is 13.3. The first-order valence-electron chi connectivity index (χ1n) is 6.08. The molecule has 2 aromatic rings. The van der Waals surface area contributed by atoms with E-state index in [-0.39, 0.29) is 23.2 Å². The van der Waals surface area contributed by atoms with Gasteiger partial charge in [-0.05, 0) is 42.8 Å². The van der Waals surface area contributed by atoms with Crippen molar-refractivity contribution >= 4 is 27.5 Å². The lowest BCUT2D eigenvalue weighted by atomic mass is 10.1. The van der Waals surface area contributed by atoms with Gasteiger partial charge in [0.2, 0.25) is 0 Å². The number of halogens is 2. The topological polar surface area (TPSA) is 55.1 Å². The Kier molecular flexibility index (Phi) is 4.39. The third-order valence-corrected chi connectivity index (χ3v) is 3.45. The molecule has 1 atom stereocenters. The molecular weight excluding hydrogens is 323 g/mol. The number of nitrogens with two attached hydrogens (primary N) is 1. The second kappa shape index (κ2) is 6.05. The molecule has 0 aromatic heterocycles. The summed E-state index contributed by atoms with van der Waals surface area (Å²) < 4.78 is 14.3. The van der Waals surface area contributed by atoms with E-state index >= 15 is 0 Å². The molecule has 3 nitrogen and oxygen atoms in total. The molecule has 0 spiro atoms. The molecule has 0 aliphatic heterocycles. The second-order valence-electron chi connectivity index (χ2n) is 4.49. The zero-order valence-corrected chi connectivity index (χ0v) is 12.4. The van der Waals surface area contributed by atoms with Crippen molar-refractivity contribution in [2.75, 3.05) is 5.73 Å². The SMILES string of the molecule is CC(NC(=O)c1ccc(N)c(F)c1)c1cccc(Br)c1. The average molecular weight is 337 g/mol. The lowest BCUT2D eigenvalue weighted by Crippen LogP contribution is -2.26. The van der Waals surface area contributed by atoms with E-state index in [2.05, 4.69) is 21.2 Å². The Morgan fingerprint density at radius 3 is 2.70 bits per heavy atom. The summed E-state index contributed by atoms with van der Waals surface area (Å²) in [7, 11) is 0. The van der Waals surface area contributed by atoms with E-state index in [1.165, 1.54) is 12.1 Å². The Morgan fingerprint density at radius 1 is 1.30 bits per heavy atom. The fourth-order valence-electron chi connectivity index (χ4n) is 1.81. The number of carbonyl (C=O) groups excluding carboxylic acids is 1. The number of benzene rings is 2. The van der Waals surface area contributed by atoms with E-state index in [1.54, 1.807) is 0 Å². The van der Waals surface area contributed by atoms with Crippen molar-refractivity contribution in [1.82, 2.24) is 5.32 Å². The van der Waals surface area contributed by atoms with Crippen LogP contribution in [0, 0.1) is 5.82 Å². The van der Waals surface area contributed by atoms with Gasteiger partial charge in [-0.1, -0.05) is 28.1 Å². The summed E-state index contributed by atoms with van der Waals surface area (Å²) in [5, 5.41) is 2.82. The molecular formula is C15H14BrFN2O. The molecule has 0 saturated heterocycles. The van der Waals surface area contributed by atoms with Crippen LogP contribution in [0.15, 0.2) is 46.9 Å². The normalized spacial score (nSPS) is 11.9. The van der Waals surface area contributed by atoms with Crippen molar-refractivity contribution in [3.8, 4) is 0 Å².